The number of methoxy groups -OCH3 is 4. The molecule has 2 heterocycles. The minimum absolute atomic E-state index is 0.125. The molecule has 0 saturated carbocycles. The Balaban J connectivity index is 3.00. The van der Waals surface area contributed by atoms with Crippen LogP contribution < -0.4 is 0 Å². The maximum Gasteiger partial charge on any atom is 0.355 e. The minimum atomic E-state index is -0.998. The van der Waals surface area contributed by atoms with E-state index in [1.807, 2.05) is 6.92 Å². The summed E-state index contributed by atoms with van der Waals surface area (Å²) in [4.78, 5) is 51.8. The Morgan fingerprint density at radius 2 is 1.39 bits per heavy atom. The van der Waals surface area contributed by atoms with E-state index < -0.39 is 41.1 Å². The fourth-order valence-electron chi connectivity index (χ4n) is 3.22. The van der Waals surface area contributed by atoms with Gasteiger partial charge >= 0.3 is 23.9 Å². The summed E-state index contributed by atoms with van der Waals surface area (Å²) in [5.74, 6) is -3.69. The zero-order valence-electron chi connectivity index (χ0n) is 16.2. The maximum absolute atomic E-state index is 12.7. The van der Waals surface area contributed by atoms with Crippen LogP contribution in [0.1, 0.15) is 13.3 Å². The van der Waals surface area contributed by atoms with Crippen LogP contribution in [0.25, 0.3) is 0 Å². The van der Waals surface area contributed by atoms with Gasteiger partial charge in [-0.3, -0.25) is 0 Å². The van der Waals surface area contributed by atoms with Gasteiger partial charge in [0, 0.05) is 6.20 Å². The number of carbonyl (C=O) groups excluding carboxylic acids is 4. The molecular formula is C19H21NO8. The molecule has 0 radical (unpaired) electrons. The van der Waals surface area contributed by atoms with Crippen LogP contribution >= 0.6 is 0 Å². The Kier molecular flexibility index (Phi) is 6.40. The quantitative estimate of drug-likeness (QED) is 0.496. The van der Waals surface area contributed by atoms with E-state index in [1.54, 1.807) is 12.2 Å². The topological polar surface area (TPSA) is 108 Å². The van der Waals surface area contributed by atoms with Gasteiger partial charge < -0.3 is 23.8 Å². The first-order valence-electron chi connectivity index (χ1n) is 8.35. The Morgan fingerprint density at radius 1 is 0.857 bits per heavy atom. The SMILES string of the molecule is CCC1=CC=CN2C(C(=O)OC)=C(C(=O)OC)C(C(=O)OC)=C(C(=O)OC)C12. The predicted molar refractivity (Wildman–Crippen MR) is 95.3 cm³/mol. The molecule has 0 aromatic carbocycles. The number of hydrogen-bond donors (Lipinski definition) is 0. The Bertz CT molecular complexity index is 846. The molecule has 150 valence electrons. The fourth-order valence-corrected chi connectivity index (χ4v) is 3.22. The van der Waals surface area contributed by atoms with Gasteiger partial charge in [0.25, 0.3) is 0 Å². The lowest BCUT2D eigenvalue weighted by Gasteiger charge is -2.40. The monoisotopic (exact) mass is 391 g/mol. The van der Waals surface area contributed by atoms with Gasteiger partial charge in [0.15, 0.2) is 0 Å². The summed E-state index contributed by atoms with van der Waals surface area (Å²) in [5.41, 5.74) is -0.463. The first-order valence-corrected chi connectivity index (χ1v) is 8.35. The highest BCUT2D eigenvalue weighted by molar-refractivity contribution is 6.17. The number of fused-ring (bicyclic) bond motifs is 1. The summed E-state index contributed by atoms with van der Waals surface area (Å²) < 4.78 is 19.3. The average molecular weight is 391 g/mol. The fraction of sp³-hybridized carbons (Fsp3) is 0.368. The first-order chi connectivity index (χ1) is 13.4. The highest BCUT2D eigenvalue weighted by Crippen LogP contribution is 2.40. The van der Waals surface area contributed by atoms with Crippen molar-refractivity contribution >= 4 is 23.9 Å². The molecule has 0 N–H and O–H groups in total. The molecule has 0 saturated heterocycles. The van der Waals surface area contributed by atoms with Crippen LogP contribution in [0.5, 0.6) is 0 Å². The molecule has 2 aliphatic rings. The third-order valence-corrected chi connectivity index (χ3v) is 4.45. The van der Waals surface area contributed by atoms with E-state index in [-0.39, 0.29) is 11.3 Å². The molecule has 0 aromatic rings. The molecule has 0 aromatic heterocycles. The van der Waals surface area contributed by atoms with Gasteiger partial charge in [0.05, 0.1) is 45.6 Å². The second-order valence-corrected chi connectivity index (χ2v) is 5.73. The highest BCUT2D eigenvalue weighted by Gasteiger charge is 2.47. The number of ether oxygens (including phenoxy) is 4. The van der Waals surface area contributed by atoms with Gasteiger partial charge in [-0.05, 0) is 18.1 Å². The first kappa shape index (κ1) is 20.9. The van der Waals surface area contributed by atoms with Gasteiger partial charge in [-0.1, -0.05) is 13.0 Å². The third kappa shape index (κ3) is 3.30. The lowest BCUT2D eigenvalue weighted by Crippen LogP contribution is -2.46. The number of esters is 4. The van der Waals surface area contributed by atoms with E-state index in [1.165, 1.54) is 11.1 Å². The molecule has 2 aliphatic heterocycles. The Morgan fingerprint density at radius 3 is 1.89 bits per heavy atom. The lowest BCUT2D eigenvalue weighted by atomic mass is 9.82. The van der Waals surface area contributed by atoms with Crippen LogP contribution in [0, 0.1) is 0 Å². The molecule has 0 spiro atoms. The summed E-state index contributed by atoms with van der Waals surface area (Å²) in [6, 6.07) is -0.848. The van der Waals surface area contributed by atoms with Crippen LogP contribution in [0.15, 0.2) is 46.3 Å². The van der Waals surface area contributed by atoms with Crippen molar-refractivity contribution in [3.63, 3.8) is 0 Å². The summed E-state index contributed by atoms with van der Waals surface area (Å²) in [6.07, 6.45) is 5.43. The van der Waals surface area contributed by atoms with Crippen LogP contribution in [-0.2, 0) is 38.1 Å². The van der Waals surface area contributed by atoms with E-state index in [2.05, 4.69) is 0 Å². The second kappa shape index (κ2) is 8.55. The largest absolute Gasteiger partial charge is 0.466 e. The molecule has 2 rings (SSSR count). The number of carbonyl (C=O) groups is 4. The third-order valence-electron chi connectivity index (χ3n) is 4.45. The Labute approximate surface area is 161 Å². The van der Waals surface area contributed by atoms with Crippen molar-refractivity contribution in [2.75, 3.05) is 28.4 Å². The van der Waals surface area contributed by atoms with Gasteiger partial charge in [-0.2, -0.15) is 0 Å². The predicted octanol–water partition coefficient (Wildman–Crippen LogP) is 0.777. The van der Waals surface area contributed by atoms with Gasteiger partial charge in [-0.15, -0.1) is 0 Å². The van der Waals surface area contributed by atoms with Gasteiger partial charge in [0.2, 0.25) is 0 Å². The Hall–Kier alpha value is -3.36. The van der Waals surface area contributed by atoms with Crippen LogP contribution in [0.3, 0.4) is 0 Å². The highest BCUT2D eigenvalue weighted by atomic mass is 16.5. The van der Waals surface area contributed by atoms with E-state index in [0.29, 0.717) is 6.42 Å². The zero-order chi connectivity index (χ0) is 21.0. The van der Waals surface area contributed by atoms with Crippen LogP contribution in [-0.4, -0.2) is 63.3 Å². The summed E-state index contributed by atoms with van der Waals surface area (Å²) in [6.45, 7) is 1.85. The van der Waals surface area contributed by atoms with E-state index in [9.17, 15) is 19.2 Å². The minimum Gasteiger partial charge on any atom is -0.466 e. The summed E-state index contributed by atoms with van der Waals surface area (Å²) in [5, 5.41) is 0. The molecule has 0 aliphatic carbocycles. The van der Waals surface area contributed by atoms with Crippen molar-refractivity contribution in [3.8, 4) is 0 Å². The molecule has 9 nitrogen and oxygen atoms in total. The van der Waals surface area contributed by atoms with Crippen molar-refractivity contribution in [2.24, 2.45) is 0 Å². The molecule has 1 unspecified atom stereocenters. The van der Waals surface area contributed by atoms with Crippen molar-refractivity contribution < 1.29 is 38.1 Å². The number of hydrogen-bond acceptors (Lipinski definition) is 9. The average Bonchev–Trinajstić information content (AvgIpc) is 2.74. The van der Waals surface area contributed by atoms with Gasteiger partial charge in [0.1, 0.15) is 11.3 Å². The molecule has 28 heavy (non-hydrogen) atoms. The molecule has 0 amide bonds. The van der Waals surface area contributed by atoms with Crippen molar-refractivity contribution in [1.82, 2.24) is 4.90 Å². The van der Waals surface area contributed by atoms with Crippen LogP contribution in [0.4, 0.5) is 0 Å². The number of allylic oxidation sites excluding steroid dienone is 2. The molecule has 0 bridgehead atoms. The van der Waals surface area contributed by atoms with Crippen molar-refractivity contribution in [3.05, 3.63) is 46.3 Å². The van der Waals surface area contributed by atoms with Crippen molar-refractivity contribution in [2.45, 2.75) is 19.4 Å². The lowest BCUT2D eigenvalue weighted by molar-refractivity contribution is -0.143. The van der Waals surface area contributed by atoms with Gasteiger partial charge in [-0.25, -0.2) is 19.2 Å². The van der Waals surface area contributed by atoms with Crippen molar-refractivity contribution in [1.29, 1.82) is 0 Å². The smallest absolute Gasteiger partial charge is 0.355 e. The standard InChI is InChI=1S/C19H21NO8/c1-6-10-8-7-9-20-14(10)12(17(22)26-3)11(16(21)25-2)13(18(23)27-4)15(20)19(24)28-5/h7-9,14H,6H2,1-5H3. The zero-order valence-corrected chi connectivity index (χ0v) is 16.2. The number of nitrogens with zero attached hydrogens (tertiary/aromatic N) is 1. The summed E-state index contributed by atoms with van der Waals surface area (Å²) >= 11 is 0. The van der Waals surface area contributed by atoms with E-state index in [0.717, 1.165) is 34.0 Å². The molecular weight excluding hydrogens is 370 g/mol. The molecule has 1 atom stereocenters. The number of rotatable bonds is 5. The van der Waals surface area contributed by atoms with E-state index in [4.69, 9.17) is 18.9 Å². The van der Waals surface area contributed by atoms with Crippen LogP contribution in [0.2, 0.25) is 0 Å². The summed E-state index contributed by atoms with van der Waals surface area (Å²) in [7, 11) is 4.48. The normalized spacial score (nSPS) is 18.2. The second-order valence-electron chi connectivity index (χ2n) is 5.73. The van der Waals surface area contributed by atoms with E-state index >= 15 is 0 Å². The molecule has 0 fully saturated rings. The molecule has 9 heteroatoms. The maximum atomic E-state index is 12.7.